The first-order valence-corrected chi connectivity index (χ1v) is 5.56. The number of nitrogens with zero attached hydrogens (tertiary/aromatic N) is 2. The molecule has 0 bridgehead atoms. The van der Waals surface area contributed by atoms with Gasteiger partial charge in [-0.3, -0.25) is 0 Å². The van der Waals surface area contributed by atoms with E-state index in [4.69, 9.17) is 0 Å². The van der Waals surface area contributed by atoms with Crippen molar-refractivity contribution >= 4 is 11.7 Å². The summed E-state index contributed by atoms with van der Waals surface area (Å²) in [6.45, 7) is 7.04. The first-order valence-electron chi connectivity index (χ1n) is 5.56. The fourth-order valence-corrected chi connectivity index (χ4v) is 1.63. The van der Waals surface area contributed by atoms with E-state index in [1.807, 2.05) is 19.1 Å². The molecule has 0 spiro atoms. The fraction of sp³-hybridized carbons (Fsp3) is 0.462. The summed E-state index contributed by atoms with van der Waals surface area (Å²) in [5.74, 6) is 0. The van der Waals surface area contributed by atoms with Gasteiger partial charge in [0.1, 0.15) is 0 Å². The van der Waals surface area contributed by atoms with Crippen molar-refractivity contribution in [3.8, 4) is 0 Å². The smallest absolute Gasteiger partial charge is 0.0948 e. The Labute approximate surface area is 91.8 Å². The Morgan fingerprint density at radius 3 is 2.53 bits per heavy atom. The molecule has 0 radical (unpaired) electrons. The summed E-state index contributed by atoms with van der Waals surface area (Å²) in [5.41, 5.74) is 3.70. The van der Waals surface area contributed by atoms with Gasteiger partial charge in [-0.1, -0.05) is 26.0 Å². The Morgan fingerprint density at radius 2 is 1.93 bits per heavy atom. The predicted molar refractivity (Wildman–Crippen MR) is 65.3 cm³/mol. The summed E-state index contributed by atoms with van der Waals surface area (Å²) >= 11 is 0. The molecular weight excluding hydrogens is 184 g/mol. The number of hydrogen-bond acceptors (Lipinski definition) is 2. The highest BCUT2D eigenvalue weighted by molar-refractivity contribution is 5.58. The number of aryl methyl sites for hydroxylation is 1. The van der Waals surface area contributed by atoms with Crippen LogP contribution in [0.1, 0.15) is 31.9 Å². The van der Waals surface area contributed by atoms with Gasteiger partial charge < -0.3 is 0 Å². The van der Waals surface area contributed by atoms with E-state index in [0.717, 1.165) is 25.1 Å². The zero-order valence-corrected chi connectivity index (χ0v) is 9.75. The molecule has 0 saturated carbocycles. The topological polar surface area (TPSA) is 24.7 Å². The Kier molecular flexibility index (Phi) is 4.79. The molecule has 0 aliphatic carbocycles. The van der Waals surface area contributed by atoms with E-state index in [0.29, 0.717) is 0 Å². The second kappa shape index (κ2) is 6.15. The second-order valence-corrected chi connectivity index (χ2v) is 3.31. The maximum Gasteiger partial charge on any atom is 0.0948 e. The van der Waals surface area contributed by atoms with E-state index in [-0.39, 0.29) is 0 Å². The minimum atomic E-state index is 0.735. The van der Waals surface area contributed by atoms with Crippen LogP contribution in [-0.4, -0.2) is 12.6 Å². The zero-order valence-electron chi connectivity index (χ0n) is 9.75. The average molecular weight is 202 g/mol. The van der Waals surface area contributed by atoms with Crippen molar-refractivity contribution in [2.24, 2.45) is 9.98 Å². The molecule has 2 nitrogen and oxygen atoms in total. The van der Waals surface area contributed by atoms with Crippen LogP contribution in [-0.2, 0) is 12.8 Å². The highest BCUT2D eigenvalue weighted by Gasteiger charge is 2.03. The fourth-order valence-electron chi connectivity index (χ4n) is 1.63. The van der Waals surface area contributed by atoms with Crippen LogP contribution in [0.25, 0.3) is 0 Å². The number of benzene rings is 1. The van der Waals surface area contributed by atoms with Crippen molar-refractivity contribution in [1.29, 1.82) is 0 Å². The molecule has 0 unspecified atom stereocenters. The largest absolute Gasteiger partial charge is 0.226 e. The molecule has 0 atom stereocenters. The molecular formula is C13H18N2. The Morgan fingerprint density at radius 1 is 1.13 bits per heavy atom. The molecule has 1 aromatic rings. The molecule has 0 saturated heterocycles. The highest BCUT2D eigenvalue weighted by atomic mass is 14.8. The van der Waals surface area contributed by atoms with Crippen LogP contribution in [0.5, 0.6) is 0 Å². The van der Waals surface area contributed by atoms with E-state index in [9.17, 15) is 0 Å². The van der Waals surface area contributed by atoms with E-state index in [1.165, 1.54) is 11.1 Å². The van der Waals surface area contributed by atoms with Crippen LogP contribution in [0.4, 0.5) is 5.69 Å². The summed E-state index contributed by atoms with van der Waals surface area (Å²) in [5, 5.41) is 0. The van der Waals surface area contributed by atoms with Gasteiger partial charge in [-0.05, 0) is 37.0 Å². The van der Waals surface area contributed by atoms with E-state index < -0.39 is 0 Å². The van der Waals surface area contributed by atoms with E-state index in [1.54, 1.807) is 0 Å². The molecule has 15 heavy (non-hydrogen) atoms. The summed E-state index contributed by atoms with van der Waals surface area (Å²) < 4.78 is 0. The van der Waals surface area contributed by atoms with Gasteiger partial charge in [-0.25, -0.2) is 4.99 Å². The van der Waals surface area contributed by atoms with E-state index in [2.05, 4.69) is 35.9 Å². The minimum absolute atomic E-state index is 0.735. The Bertz CT molecular complexity index is 374. The van der Waals surface area contributed by atoms with Crippen molar-refractivity contribution < 1.29 is 0 Å². The van der Waals surface area contributed by atoms with Gasteiger partial charge in [-0.2, -0.15) is 4.99 Å². The van der Waals surface area contributed by atoms with Crippen LogP contribution in [0.15, 0.2) is 28.2 Å². The lowest BCUT2D eigenvalue weighted by Crippen LogP contribution is -1.90. The maximum atomic E-state index is 4.26. The van der Waals surface area contributed by atoms with Crippen LogP contribution in [0.2, 0.25) is 0 Å². The van der Waals surface area contributed by atoms with Crippen molar-refractivity contribution in [3.63, 3.8) is 0 Å². The molecule has 0 aliphatic rings. The van der Waals surface area contributed by atoms with Gasteiger partial charge in [0, 0.05) is 6.54 Å². The summed E-state index contributed by atoms with van der Waals surface area (Å²) in [4.78, 5) is 8.24. The first-order chi connectivity index (χ1) is 7.33. The third-order valence-corrected chi connectivity index (χ3v) is 2.38. The van der Waals surface area contributed by atoms with Gasteiger partial charge in [0.25, 0.3) is 0 Å². The summed E-state index contributed by atoms with van der Waals surface area (Å²) in [7, 11) is 0. The third-order valence-electron chi connectivity index (χ3n) is 2.38. The van der Waals surface area contributed by atoms with Gasteiger partial charge in [-0.15, -0.1) is 0 Å². The predicted octanol–water partition coefficient (Wildman–Crippen LogP) is 3.64. The van der Waals surface area contributed by atoms with Crippen LogP contribution < -0.4 is 0 Å². The molecule has 0 aromatic heterocycles. The lowest BCUT2D eigenvalue weighted by molar-refractivity contribution is 1.03. The molecule has 0 heterocycles. The van der Waals surface area contributed by atoms with Gasteiger partial charge >= 0.3 is 0 Å². The normalized spacial score (nSPS) is 9.53. The molecule has 0 fully saturated rings. The lowest BCUT2D eigenvalue weighted by atomic mass is 10.0. The number of rotatable bonds is 4. The van der Waals surface area contributed by atoms with Crippen LogP contribution in [0.3, 0.4) is 0 Å². The van der Waals surface area contributed by atoms with Crippen LogP contribution in [0, 0.1) is 0 Å². The average Bonchev–Trinajstić information content (AvgIpc) is 2.29. The molecule has 2 heteroatoms. The standard InChI is InChI=1S/C13H18N2/c1-4-11-8-7-9-13(12(11)5-2)15-10-14-6-3/h7-9H,4-6H2,1-3H3. The third kappa shape index (κ3) is 3.03. The molecule has 1 rings (SSSR count). The van der Waals surface area contributed by atoms with Crippen molar-refractivity contribution in [2.75, 3.05) is 6.54 Å². The number of hydrogen-bond donors (Lipinski definition) is 0. The van der Waals surface area contributed by atoms with Gasteiger partial charge in [0.05, 0.1) is 11.7 Å². The van der Waals surface area contributed by atoms with E-state index >= 15 is 0 Å². The van der Waals surface area contributed by atoms with Gasteiger partial charge in [0.15, 0.2) is 0 Å². The highest BCUT2D eigenvalue weighted by Crippen LogP contribution is 2.23. The summed E-state index contributed by atoms with van der Waals surface area (Å²) in [6.07, 6.45) is 2.06. The molecule has 0 aliphatic heterocycles. The molecule has 0 N–H and O–H groups in total. The molecule has 1 aromatic carbocycles. The quantitative estimate of drug-likeness (QED) is 0.666. The first kappa shape index (κ1) is 11.7. The summed E-state index contributed by atoms with van der Waals surface area (Å²) in [6, 6.07) is 8.96. The zero-order chi connectivity index (χ0) is 11.1. The SMILES string of the molecule is CCN=C=Nc1cccc(CC)c1CC. The van der Waals surface area contributed by atoms with Crippen molar-refractivity contribution in [2.45, 2.75) is 33.6 Å². The number of aliphatic imine (C=N–C) groups is 2. The minimum Gasteiger partial charge on any atom is -0.226 e. The Balaban J connectivity index is 3.11. The molecule has 80 valence electrons. The second-order valence-electron chi connectivity index (χ2n) is 3.31. The van der Waals surface area contributed by atoms with Crippen molar-refractivity contribution in [1.82, 2.24) is 0 Å². The van der Waals surface area contributed by atoms with Crippen molar-refractivity contribution in [3.05, 3.63) is 29.3 Å². The van der Waals surface area contributed by atoms with Gasteiger partial charge in [0.2, 0.25) is 0 Å². The maximum absolute atomic E-state index is 4.26. The van der Waals surface area contributed by atoms with Crippen LogP contribution >= 0.6 is 0 Å². The monoisotopic (exact) mass is 202 g/mol. The molecule has 0 amide bonds. The lowest BCUT2D eigenvalue weighted by Gasteiger charge is -2.07. The Hall–Kier alpha value is -1.40.